The smallest absolute Gasteiger partial charge is 0.248 e. The molecule has 0 unspecified atom stereocenters. The maximum Gasteiger partial charge on any atom is 0.248 e. The van der Waals surface area contributed by atoms with Crippen molar-refractivity contribution in [2.24, 2.45) is 11.3 Å². The van der Waals surface area contributed by atoms with Gasteiger partial charge in [0.2, 0.25) is 15.6 Å². The third kappa shape index (κ3) is 2.68. The topological polar surface area (TPSA) is 99.7 Å². The number of aromatic amines is 1. The maximum absolute atomic E-state index is 13.2. The molecule has 0 saturated carbocycles. The number of ether oxygens (including phenoxy) is 1. The predicted octanol–water partition coefficient (Wildman–Crippen LogP) is 0.856. The number of hydrogen-bond donors (Lipinski definition) is 2. The van der Waals surface area contributed by atoms with Crippen LogP contribution in [-0.2, 0) is 14.8 Å². The second kappa shape index (κ2) is 6.16. The van der Waals surface area contributed by atoms with Gasteiger partial charge >= 0.3 is 0 Å². The largest absolute Gasteiger partial charge is 0.396 e. The van der Waals surface area contributed by atoms with Crippen molar-refractivity contribution in [3.8, 4) is 0 Å². The molecule has 0 spiro atoms. The standard InChI is InChI=1S/C18H22N2O5S/c1-12-6-17(22)19-16-3-2-14(7-15(12)16)26(23,24)20-8-13-9-25-5-4-18(13,10-20)11-21/h2-3,6-7,13,21H,4-5,8-11H2,1H3,(H,19,22)/t13-,18-/m1/s1. The molecule has 2 aliphatic heterocycles. The monoisotopic (exact) mass is 378 g/mol. The van der Waals surface area contributed by atoms with E-state index in [2.05, 4.69) is 4.98 Å². The summed E-state index contributed by atoms with van der Waals surface area (Å²) in [5.41, 5.74) is 0.725. The van der Waals surface area contributed by atoms with E-state index in [0.29, 0.717) is 43.6 Å². The van der Waals surface area contributed by atoms with E-state index in [9.17, 15) is 18.3 Å². The summed E-state index contributed by atoms with van der Waals surface area (Å²) in [6.07, 6.45) is 0.665. The van der Waals surface area contributed by atoms with Crippen molar-refractivity contribution in [1.29, 1.82) is 0 Å². The minimum absolute atomic E-state index is 0.00886. The van der Waals surface area contributed by atoms with E-state index in [1.807, 2.05) is 0 Å². The third-order valence-corrected chi connectivity index (χ3v) is 7.63. The van der Waals surface area contributed by atoms with Crippen molar-refractivity contribution in [3.05, 3.63) is 40.2 Å². The highest BCUT2D eigenvalue weighted by molar-refractivity contribution is 7.89. The molecule has 3 heterocycles. The molecule has 2 fully saturated rings. The van der Waals surface area contributed by atoms with Gasteiger partial charge in [-0.2, -0.15) is 4.31 Å². The summed E-state index contributed by atoms with van der Waals surface area (Å²) in [6, 6.07) is 6.23. The Hall–Kier alpha value is -1.74. The summed E-state index contributed by atoms with van der Waals surface area (Å²) < 4.78 is 33.3. The van der Waals surface area contributed by atoms with E-state index in [1.54, 1.807) is 19.1 Å². The Labute approximate surface area is 151 Å². The highest BCUT2D eigenvalue weighted by Gasteiger charge is 2.51. The van der Waals surface area contributed by atoms with E-state index >= 15 is 0 Å². The first-order chi connectivity index (χ1) is 12.4. The SMILES string of the molecule is Cc1cc(=O)[nH]c2ccc(S(=O)(=O)N3C[C@@H]4COCC[C@]4(CO)C3)cc12. The van der Waals surface area contributed by atoms with Gasteiger partial charge in [0.1, 0.15) is 0 Å². The van der Waals surface area contributed by atoms with E-state index in [1.165, 1.54) is 16.4 Å². The van der Waals surface area contributed by atoms with Crippen molar-refractivity contribution in [3.63, 3.8) is 0 Å². The summed E-state index contributed by atoms with van der Waals surface area (Å²) in [4.78, 5) is 14.5. The molecule has 2 aromatic rings. The summed E-state index contributed by atoms with van der Waals surface area (Å²) in [6.45, 7) is 3.44. The predicted molar refractivity (Wildman–Crippen MR) is 96.5 cm³/mol. The number of hydrogen-bond acceptors (Lipinski definition) is 5. The number of rotatable bonds is 3. The number of nitrogens with one attached hydrogen (secondary N) is 1. The molecule has 140 valence electrons. The van der Waals surface area contributed by atoms with Gasteiger partial charge in [-0.05, 0) is 37.1 Å². The van der Waals surface area contributed by atoms with Crippen LogP contribution < -0.4 is 5.56 Å². The average molecular weight is 378 g/mol. The number of aryl methyl sites for hydroxylation is 1. The first kappa shape index (κ1) is 17.7. The van der Waals surface area contributed by atoms with Gasteiger partial charge in [0.05, 0.1) is 18.1 Å². The Morgan fingerprint density at radius 3 is 2.92 bits per heavy atom. The quantitative estimate of drug-likeness (QED) is 0.825. The van der Waals surface area contributed by atoms with Gasteiger partial charge in [-0.1, -0.05) is 0 Å². The summed E-state index contributed by atoms with van der Waals surface area (Å²) in [7, 11) is -3.69. The molecule has 0 amide bonds. The number of sulfonamides is 1. The lowest BCUT2D eigenvalue weighted by molar-refractivity contribution is -0.0414. The number of fused-ring (bicyclic) bond motifs is 2. The Kier molecular flexibility index (Phi) is 4.18. The van der Waals surface area contributed by atoms with Gasteiger partial charge in [-0.15, -0.1) is 0 Å². The minimum Gasteiger partial charge on any atom is -0.396 e. The van der Waals surface area contributed by atoms with Crippen molar-refractivity contribution in [1.82, 2.24) is 9.29 Å². The zero-order chi connectivity index (χ0) is 18.5. The second-order valence-electron chi connectivity index (χ2n) is 7.36. The number of aliphatic hydroxyl groups is 1. The van der Waals surface area contributed by atoms with Crippen molar-refractivity contribution in [2.45, 2.75) is 18.2 Å². The molecule has 2 atom stereocenters. The number of aliphatic hydroxyl groups excluding tert-OH is 1. The number of benzene rings is 1. The highest BCUT2D eigenvalue weighted by atomic mass is 32.2. The van der Waals surface area contributed by atoms with E-state index in [4.69, 9.17) is 4.74 Å². The van der Waals surface area contributed by atoms with Crippen LogP contribution in [0.25, 0.3) is 10.9 Å². The molecule has 7 nitrogen and oxygen atoms in total. The second-order valence-corrected chi connectivity index (χ2v) is 9.30. The average Bonchev–Trinajstić information content (AvgIpc) is 3.02. The molecule has 1 aromatic carbocycles. The Morgan fingerprint density at radius 2 is 2.19 bits per heavy atom. The molecule has 2 saturated heterocycles. The van der Waals surface area contributed by atoms with Crippen LogP contribution in [0.15, 0.2) is 34.0 Å². The van der Waals surface area contributed by atoms with E-state index in [-0.39, 0.29) is 23.0 Å². The van der Waals surface area contributed by atoms with E-state index in [0.717, 1.165) is 5.56 Å². The number of pyridine rings is 1. The van der Waals surface area contributed by atoms with Crippen LogP contribution in [0.1, 0.15) is 12.0 Å². The van der Waals surface area contributed by atoms with Crippen LogP contribution in [0.4, 0.5) is 0 Å². The van der Waals surface area contributed by atoms with Crippen molar-refractivity contribution in [2.75, 3.05) is 32.9 Å². The van der Waals surface area contributed by atoms with Crippen LogP contribution in [0.5, 0.6) is 0 Å². The Bertz CT molecular complexity index is 1020. The van der Waals surface area contributed by atoms with Gasteiger partial charge in [0.15, 0.2) is 0 Å². The fraction of sp³-hybridized carbons (Fsp3) is 0.500. The van der Waals surface area contributed by atoms with E-state index < -0.39 is 15.4 Å². The maximum atomic E-state index is 13.2. The lowest BCUT2D eigenvalue weighted by Crippen LogP contribution is -2.41. The molecule has 8 heteroatoms. The molecule has 4 rings (SSSR count). The summed E-state index contributed by atoms with van der Waals surface area (Å²) in [5.74, 6) is 0.00886. The third-order valence-electron chi connectivity index (χ3n) is 5.82. The Balaban J connectivity index is 1.73. The highest BCUT2D eigenvalue weighted by Crippen LogP contribution is 2.43. The number of aromatic nitrogens is 1. The zero-order valence-corrected chi connectivity index (χ0v) is 15.4. The molecule has 26 heavy (non-hydrogen) atoms. The fourth-order valence-electron chi connectivity index (χ4n) is 4.15. The summed E-state index contributed by atoms with van der Waals surface area (Å²) >= 11 is 0. The summed E-state index contributed by atoms with van der Waals surface area (Å²) in [5, 5.41) is 10.6. The van der Waals surface area contributed by atoms with Crippen LogP contribution in [-0.4, -0.2) is 55.7 Å². The molecule has 1 aromatic heterocycles. The van der Waals surface area contributed by atoms with Crippen LogP contribution >= 0.6 is 0 Å². The molecule has 2 aliphatic rings. The molecule has 2 N–H and O–H groups in total. The lowest BCUT2D eigenvalue weighted by Gasteiger charge is -2.36. The lowest BCUT2D eigenvalue weighted by atomic mass is 9.75. The number of nitrogens with zero attached hydrogens (tertiary/aromatic N) is 1. The van der Waals surface area contributed by atoms with Crippen molar-refractivity contribution < 1.29 is 18.3 Å². The molecule has 0 radical (unpaired) electrons. The molecule has 0 aliphatic carbocycles. The first-order valence-electron chi connectivity index (χ1n) is 8.68. The normalized spacial score (nSPS) is 26.9. The van der Waals surface area contributed by atoms with Gasteiger partial charge in [0.25, 0.3) is 0 Å². The molecular weight excluding hydrogens is 356 g/mol. The van der Waals surface area contributed by atoms with Gasteiger partial charge in [0, 0.05) is 48.0 Å². The van der Waals surface area contributed by atoms with Crippen LogP contribution in [0.3, 0.4) is 0 Å². The fourth-order valence-corrected chi connectivity index (χ4v) is 5.76. The van der Waals surface area contributed by atoms with Gasteiger partial charge < -0.3 is 14.8 Å². The zero-order valence-electron chi connectivity index (χ0n) is 14.6. The number of H-pyrrole nitrogens is 1. The van der Waals surface area contributed by atoms with Gasteiger partial charge in [-0.3, -0.25) is 4.79 Å². The van der Waals surface area contributed by atoms with Gasteiger partial charge in [-0.25, -0.2) is 8.42 Å². The van der Waals surface area contributed by atoms with Crippen LogP contribution in [0.2, 0.25) is 0 Å². The molecule has 0 bridgehead atoms. The van der Waals surface area contributed by atoms with Crippen LogP contribution in [0, 0.1) is 18.3 Å². The molecular formula is C18H22N2O5S. The minimum atomic E-state index is -3.69. The van der Waals surface area contributed by atoms with Crippen molar-refractivity contribution >= 4 is 20.9 Å². The first-order valence-corrected chi connectivity index (χ1v) is 10.1. The Morgan fingerprint density at radius 1 is 1.38 bits per heavy atom.